The molecule has 5 heteroatoms. The van der Waals surface area contributed by atoms with Crippen molar-refractivity contribution in [2.24, 2.45) is 11.8 Å². The molecule has 98 valence electrons. The number of hydrogen-bond donors (Lipinski definition) is 0. The van der Waals surface area contributed by atoms with Gasteiger partial charge in [0.05, 0.1) is 0 Å². The zero-order valence-corrected chi connectivity index (χ0v) is 9.95. The van der Waals surface area contributed by atoms with Gasteiger partial charge in [-0.3, -0.25) is 4.98 Å². The highest BCUT2D eigenvalue weighted by molar-refractivity contribution is 5.48. The Bertz CT molecular complexity index is 432. The molecule has 2 aliphatic rings. The normalized spacial score (nSPS) is 27.6. The lowest BCUT2D eigenvalue weighted by molar-refractivity contribution is -0.141. The number of halogens is 3. The molecule has 3 rings (SSSR count). The van der Waals surface area contributed by atoms with E-state index in [1.165, 1.54) is 31.5 Å². The maximum atomic E-state index is 12.6. The van der Waals surface area contributed by atoms with E-state index in [4.69, 9.17) is 0 Å². The van der Waals surface area contributed by atoms with Crippen molar-refractivity contribution in [3.05, 3.63) is 24.0 Å². The van der Waals surface area contributed by atoms with Crippen molar-refractivity contribution in [3.63, 3.8) is 0 Å². The predicted octanol–water partition coefficient (Wildman–Crippen LogP) is 3.34. The van der Waals surface area contributed by atoms with Crippen LogP contribution in [0.4, 0.5) is 18.9 Å². The minimum Gasteiger partial charge on any atom is -0.371 e. The zero-order valence-electron chi connectivity index (χ0n) is 9.95. The van der Waals surface area contributed by atoms with Crippen molar-refractivity contribution in [2.75, 3.05) is 18.0 Å². The van der Waals surface area contributed by atoms with Crippen LogP contribution in [-0.2, 0) is 6.18 Å². The largest absolute Gasteiger partial charge is 0.433 e. The quantitative estimate of drug-likeness (QED) is 0.766. The minimum absolute atomic E-state index is 0.659. The first-order valence-corrected chi connectivity index (χ1v) is 6.32. The van der Waals surface area contributed by atoms with Crippen LogP contribution in [0.25, 0.3) is 0 Å². The first-order valence-electron chi connectivity index (χ1n) is 6.32. The van der Waals surface area contributed by atoms with Gasteiger partial charge in [0.1, 0.15) is 5.69 Å². The number of rotatable bonds is 1. The van der Waals surface area contributed by atoms with Gasteiger partial charge in [-0.1, -0.05) is 6.42 Å². The van der Waals surface area contributed by atoms with E-state index < -0.39 is 11.9 Å². The highest BCUT2D eigenvalue weighted by Gasteiger charge is 2.37. The number of nitrogens with zero attached hydrogens (tertiary/aromatic N) is 2. The monoisotopic (exact) mass is 256 g/mol. The van der Waals surface area contributed by atoms with Gasteiger partial charge in [-0.2, -0.15) is 13.2 Å². The fourth-order valence-electron chi connectivity index (χ4n) is 3.22. The molecule has 2 unspecified atom stereocenters. The van der Waals surface area contributed by atoms with Crippen molar-refractivity contribution < 1.29 is 13.2 Å². The van der Waals surface area contributed by atoms with Gasteiger partial charge in [-0.05, 0) is 36.8 Å². The molecule has 0 radical (unpaired) electrons. The van der Waals surface area contributed by atoms with Gasteiger partial charge in [-0.25, -0.2) is 0 Å². The topological polar surface area (TPSA) is 16.1 Å². The minimum atomic E-state index is -4.36. The average Bonchev–Trinajstić information content (AvgIpc) is 2.88. The Morgan fingerprint density at radius 2 is 1.83 bits per heavy atom. The SMILES string of the molecule is FC(F)(F)c1cc(N2CC3CCCC3C2)ccn1. The summed E-state index contributed by atoms with van der Waals surface area (Å²) in [5, 5.41) is 0. The van der Waals surface area contributed by atoms with Crippen molar-refractivity contribution in [1.82, 2.24) is 4.98 Å². The molecule has 0 amide bonds. The van der Waals surface area contributed by atoms with Crippen molar-refractivity contribution >= 4 is 5.69 Å². The lowest BCUT2D eigenvalue weighted by Crippen LogP contribution is -2.21. The summed E-state index contributed by atoms with van der Waals surface area (Å²) in [4.78, 5) is 5.48. The van der Waals surface area contributed by atoms with E-state index in [9.17, 15) is 13.2 Å². The van der Waals surface area contributed by atoms with Crippen LogP contribution in [0.15, 0.2) is 18.3 Å². The second kappa shape index (κ2) is 4.14. The predicted molar refractivity (Wildman–Crippen MR) is 62.3 cm³/mol. The van der Waals surface area contributed by atoms with Crippen LogP contribution in [0.2, 0.25) is 0 Å². The van der Waals surface area contributed by atoms with Crippen molar-refractivity contribution in [3.8, 4) is 0 Å². The molecule has 2 heterocycles. The summed E-state index contributed by atoms with van der Waals surface area (Å²) in [5.74, 6) is 1.35. The van der Waals surface area contributed by atoms with E-state index in [-0.39, 0.29) is 0 Å². The molecule has 1 aliphatic carbocycles. The number of alkyl halides is 3. The summed E-state index contributed by atoms with van der Waals surface area (Å²) in [5.41, 5.74) is -0.135. The number of pyridine rings is 1. The second-order valence-electron chi connectivity index (χ2n) is 5.25. The summed E-state index contributed by atoms with van der Waals surface area (Å²) in [6.07, 6.45) is 0.613. The van der Waals surface area contributed by atoms with Crippen molar-refractivity contribution in [1.29, 1.82) is 0 Å². The van der Waals surface area contributed by atoms with Crippen LogP contribution in [0.5, 0.6) is 0 Å². The molecule has 2 atom stereocenters. The molecule has 1 saturated carbocycles. The fourth-order valence-corrected chi connectivity index (χ4v) is 3.22. The number of hydrogen-bond acceptors (Lipinski definition) is 2. The van der Waals surface area contributed by atoms with E-state index in [1.807, 2.05) is 0 Å². The Morgan fingerprint density at radius 3 is 2.44 bits per heavy atom. The fraction of sp³-hybridized carbons (Fsp3) is 0.615. The first-order chi connectivity index (χ1) is 8.54. The number of fused-ring (bicyclic) bond motifs is 1. The zero-order chi connectivity index (χ0) is 12.8. The Hall–Kier alpha value is -1.26. The summed E-state index contributed by atoms with van der Waals surface area (Å²) >= 11 is 0. The highest BCUT2D eigenvalue weighted by Crippen LogP contribution is 2.40. The van der Waals surface area contributed by atoms with Crippen LogP contribution in [0.1, 0.15) is 25.0 Å². The smallest absolute Gasteiger partial charge is 0.371 e. The van der Waals surface area contributed by atoms with E-state index in [0.717, 1.165) is 13.1 Å². The highest BCUT2D eigenvalue weighted by atomic mass is 19.4. The Morgan fingerprint density at radius 1 is 1.17 bits per heavy atom. The Kier molecular flexibility index (Phi) is 2.72. The summed E-state index contributed by atoms with van der Waals surface area (Å²) in [6.45, 7) is 1.79. The van der Waals surface area contributed by atoms with E-state index >= 15 is 0 Å². The Balaban J connectivity index is 1.81. The molecule has 0 spiro atoms. The van der Waals surface area contributed by atoms with Gasteiger partial charge in [0.2, 0.25) is 0 Å². The molecule has 0 aromatic carbocycles. The number of anilines is 1. The van der Waals surface area contributed by atoms with E-state index in [2.05, 4.69) is 9.88 Å². The van der Waals surface area contributed by atoms with Gasteiger partial charge < -0.3 is 4.90 Å². The van der Waals surface area contributed by atoms with Crippen molar-refractivity contribution in [2.45, 2.75) is 25.4 Å². The summed E-state index contributed by atoms with van der Waals surface area (Å²) in [7, 11) is 0. The Labute approximate surface area is 104 Å². The molecule has 2 fully saturated rings. The summed E-state index contributed by atoms with van der Waals surface area (Å²) < 4.78 is 37.8. The average molecular weight is 256 g/mol. The lowest BCUT2D eigenvalue weighted by Gasteiger charge is -2.20. The van der Waals surface area contributed by atoms with Crippen LogP contribution in [0, 0.1) is 11.8 Å². The van der Waals surface area contributed by atoms with Gasteiger partial charge in [0, 0.05) is 25.0 Å². The van der Waals surface area contributed by atoms with Crippen LogP contribution in [0.3, 0.4) is 0 Å². The van der Waals surface area contributed by atoms with Gasteiger partial charge in [0.25, 0.3) is 0 Å². The summed E-state index contributed by atoms with van der Waals surface area (Å²) in [6, 6.07) is 2.84. The van der Waals surface area contributed by atoms with Gasteiger partial charge in [0.15, 0.2) is 0 Å². The standard InChI is InChI=1S/C13H15F3N2/c14-13(15,16)12-6-11(4-5-17-12)18-7-9-2-1-3-10(9)8-18/h4-6,9-10H,1-3,7-8H2. The van der Waals surface area contributed by atoms with Gasteiger partial charge >= 0.3 is 6.18 Å². The van der Waals surface area contributed by atoms with Crippen LogP contribution in [-0.4, -0.2) is 18.1 Å². The van der Waals surface area contributed by atoms with E-state index in [1.54, 1.807) is 6.07 Å². The molecule has 0 bridgehead atoms. The molecule has 18 heavy (non-hydrogen) atoms. The molecule has 1 aromatic heterocycles. The molecule has 2 nitrogen and oxygen atoms in total. The first kappa shape index (κ1) is 11.8. The maximum Gasteiger partial charge on any atom is 0.433 e. The number of aromatic nitrogens is 1. The lowest BCUT2D eigenvalue weighted by atomic mass is 10.0. The second-order valence-corrected chi connectivity index (χ2v) is 5.25. The third-order valence-corrected chi connectivity index (χ3v) is 4.13. The molecule has 1 saturated heterocycles. The van der Waals surface area contributed by atoms with Crippen LogP contribution >= 0.6 is 0 Å². The maximum absolute atomic E-state index is 12.6. The molecule has 0 N–H and O–H groups in total. The van der Waals surface area contributed by atoms with Gasteiger partial charge in [-0.15, -0.1) is 0 Å². The molecular weight excluding hydrogens is 241 g/mol. The van der Waals surface area contributed by atoms with Crippen LogP contribution < -0.4 is 4.90 Å². The third kappa shape index (κ3) is 2.06. The van der Waals surface area contributed by atoms with E-state index in [0.29, 0.717) is 17.5 Å². The molecule has 1 aliphatic heterocycles. The third-order valence-electron chi connectivity index (χ3n) is 4.13. The molecular formula is C13H15F3N2. The molecule has 1 aromatic rings.